The van der Waals surface area contributed by atoms with E-state index >= 15 is 0 Å². The van der Waals surface area contributed by atoms with Gasteiger partial charge in [-0.25, -0.2) is 4.79 Å². The lowest BCUT2D eigenvalue weighted by molar-refractivity contribution is 0.129. The minimum atomic E-state index is 0.0914. The first-order valence-electron chi connectivity index (χ1n) is 9.84. The molecule has 3 rings (SSSR count). The topological polar surface area (TPSA) is 111 Å². The van der Waals surface area contributed by atoms with Gasteiger partial charge in [-0.3, -0.25) is 0 Å². The smallest absolute Gasteiger partial charge is 0.320 e. The summed E-state index contributed by atoms with van der Waals surface area (Å²) in [5, 5.41) is 0. The minimum Gasteiger partial charge on any atom is -0.491 e. The molecule has 2 heterocycles. The number of nitrogens with two attached hydrogens (primary N) is 3. The Morgan fingerprint density at radius 1 is 1.11 bits per heavy atom. The monoisotopic (exact) mass is 385 g/mol. The van der Waals surface area contributed by atoms with Crippen LogP contribution < -0.4 is 21.9 Å². The third kappa shape index (κ3) is 4.52. The number of rotatable bonds is 2. The van der Waals surface area contributed by atoms with Crippen molar-refractivity contribution in [2.75, 3.05) is 26.2 Å². The highest BCUT2D eigenvalue weighted by atomic mass is 16.5. The molecule has 7 nitrogen and oxygen atoms in total. The van der Waals surface area contributed by atoms with Gasteiger partial charge < -0.3 is 31.7 Å². The van der Waals surface area contributed by atoms with Gasteiger partial charge in [0.15, 0.2) is 0 Å². The van der Waals surface area contributed by atoms with Gasteiger partial charge in [0.05, 0.1) is 18.9 Å². The largest absolute Gasteiger partial charge is 0.491 e. The molecule has 28 heavy (non-hydrogen) atoms. The molecule has 7 heteroatoms. The highest BCUT2D eigenvalue weighted by Gasteiger charge is 2.27. The van der Waals surface area contributed by atoms with Crippen LogP contribution in [-0.2, 0) is 6.54 Å². The summed E-state index contributed by atoms with van der Waals surface area (Å²) in [4.78, 5) is 16.9. The van der Waals surface area contributed by atoms with Gasteiger partial charge in [-0.2, -0.15) is 0 Å². The van der Waals surface area contributed by atoms with Crippen LogP contribution in [0.25, 0.3) is 5.70 Å². The zero-order valence-electron chi connectivity index (χ0n) is 16.8. The fourth-order valence-electron chi connectivity index (χ4n) is 3.73. The van der Waals surface area contributed by atoms with Crippen molar-refractivity contribution in [3.8, 4) is 5.75 Å². The summed E-state index contributed by atoms with van der Waals surface area (Å²) in [5.41, 5.74) is 20.5. The minimum absolute atomic E-state index is 0.0914. The molecule has 1 aromatic rings. The van der Waals surface area contributed by atoms with Gasteiger partial charge in [-0.05, 0) is 61.1 Å². The van der Waals surface area contributed by atoms with Crippen molar-refractivity contribution in [2.45, 2.75) is 33.2 Å². The Morgan fingerprint density at radius 2 is 1.82 bits per heavy atom. The quantitative estimate of drug-likeness (QED) is 0.675. The second-order valence-electron chi connectivity index (χ2n) is 7.79. The fraction of sp³-hybridized carbons (Fsp3) is 0.476. The molecule has 0 bridgehead atoms. The standard InChI is InChI=1S/C21H31N5O2/c1-14-5-7-25(8-6-14)21(27)26-9-10-28-20-15(2)11-16(12-17(20)13-26)18(22)3-4-19(23)24/h3-4,11-12,14H,5-10,13,22-24H2,1-2H3/b18-3-. The van der Waals surface area contributed by atoms with Crippen LogP contribution >= 0.6 is 0 Å². The number of allylic oxidation sites excluding steroid dienone is 2. The first-order chi connectivity index (χ1) is 13.3. The zero-order chi connectivity index (χ0) is 20.3. The van der Waals surface area contributed by atoms with Crippen molar-refractivity contribution in [2.24, 2.45) is 23.1 Å². The number of amides is 2. The third-order valence-electron chi connectivity index (χ3n) is 5.43. The molecule has 6 N–H and O–H groups in total. The van der Waals surface area contributed by atoms with E-state index in [1.807, 2.05) is 28.9 Å². The first-order valence-corrected chi connectivity index (χ1v) is 9.84. The van der Waals surface area contributed by atoms with Crippen molar-refractivity contribution >= 4 is 11.7 Å². The predicted octanol–water partition coefficient (Wildman–Crippen LogP) is 2.10. The van der Waals surface area contributed by atoms with Crippen LogP contribution in [-0.4, -0.2) is 42.1 Å². The van der Waals surface area contributed by atoms with E-state index in [2.05, 4.69) is 6.92 Å². The number of ether oxygens (including phenoxy) is 1. The van der Waals surface area contributed by atoms with Gasteiger partial charge in [-0.1, -0.05) is 6.92 Å². The van der Waals surface area contributed by atoms with E-state index in [0.717, 1.165) is 48.4 Å². The summed E-state index contributed by atoms with van der Waals surface area (Å²) in [6.45, 7) is 7.46. The average molecular weight is 386 g/mol. The van der Waals surface area contributed by atoms with E-state index < -0.39 is 0 Å². The molecule has 0 aromatic heterocycles. The van der Waals surface area contributed by atoms with Crippen molar-refractivity contribution in [1.82, 2.24) is 9.80 Å². The Bertz CT molecular complexity index is 790. The number of nitrogens with zero attached hydrogens (tertiary/aromatic N) is 2. The van der Waals surface area contributed by atoms with Crippen LogP contribution in [0.3, 0.4) is 0 Å². The van der Waals surface area contributed by atoms with E-state index in [-0.39, 0.29) is 11.9 Å². The van der Waals surface area contributed by atoms with Crippen LogP contribution in [0.4, 0.5) is 4.79 Å². The molecule has 0 saturated carbocycles. The molecule has 2 amide bonds. The van der Waals surface area contributed by atoms with Gasteiger partial charge in [0.1, 0.15) is 12.4 Å². The average Bonchev–Trinajstić information content (AvgIpc) is 2.89. The maximum atomic E-state index is 13.0. The number of hydrogen-bond acceptors (Lipinski definition) is 5. The number of carbonyl (C=O) groups is 1. The highest BCUT2D eigenvalue weighted by molar-refractivity contribution is 5.75. The lowest BCUT2D eigenvalue weighted by Gasteiger charge is -2.34. The van der Waals surface area contributed by atoms with Gasteiger partial charge in [0.25, 0.3) is 0 Å². The molecule has 152 valence electrons. The number of likely N-dealkylation sites (tertiary alicyclic amines) is 1. The lowest BCUT2D eigenvalue weighted by Crippen LogP contribution is -2.46. The number of fused-ring (bicyclic) bond motifs is 1. The SMILES string of the molecule is Cc1cc(/C(N)=C/C=C(N)N)cc2c1OCCN(C(=O)N1CCC(C)CC1)C2. The van der Waals surface area contributed by atoms with Crippen molar-refractivity contribution in [3.63, 3.8) is 0 Å². The Balaban J connectivity index is 1.83. The summed E-state index contributed by atoms with van der Waals surface area (Å²) in [6.07, 6.45) is 5.38. The molecule has 2 aliphatic heterocycles. The second-order valence-corrected chi connectivity index (χ2v) is 7.79. The molecule has 1 aromatic carbocycles. The zero-order valence-corrected chi connectivity index (χ0v) is 16.8. The normalized spacial score (nSPS) is 18.1. The van der Waals surface area contributed by atoms with Crippen LogP contribution in [0, 0.1) is 12.8 Å². The fourth-order valence-corrected chi connectivity index (χ4v) is 3.73. The van der Waals surface area contributed by atoms with E-state index in [9.17, 15) is 4.79 Å². The molecular formula is C21H31N5O2. The Morgan fingerprint density at radius 3 is 2.50 bits per heavy atom. The number of carbonyl (C=O) groups excluding carboxylic acids is 1. The molecule has 0 radical (unpaired) electrons. The van der Waals surface area contributed by atoms with Crippen molar-refractivity contribution in [3.05, 3.63) is 46.8 Å². The van der Waals surface area contributed by atoms with Crippen LogP contribution in [0.5, 0.6) is 5.75 Å². The van der Waals surface area contributed by atoms with Gasteiger partial charge in [0, 0.05) is 24.4 Å². The van der Waals surface area contributed by atoms with E-state index in [1.165, 1.54) is 0 Å². The lowest BCUT2D eigenvalue weighted by atomic mass is 9.99. The van der Waals surface area contributed by atoms with E-state index in [4.69, 9.17) is 21.9 Å². The summed E-state index contributed by atoms with van der Waals surface area (Å²) in [5.74, 6) is 1.73. The molecule has 1 fully saturated rings. The molecule has 2 aliphatic rings. The number of piperidine rings is 1. The van der Waals surface area contributed by atoms with Gasteiger partial charge in [-0.15, -0.1) is 0 Å². The molecule has 0 unspecified atom stereocenters. The summed E-state index contributed by atoms with van der Waals surface area (Å²) in [7, 11) is 0. The maximum absolute atomic E-state index is 13.0. The Hall–Kier alpha value is -2.83. The number of benzene rings is 1. The number of urea groups is 1. The maximum Gasteiger partial charge on any atom is 0.320 e. The number of aryl methyl sites for hydroxylation is 1. The number of hydrogen-bond donors (Lipinski definition) is 3. The molecule has 0 aliphatic carbocycles. The predicted molar refractivity (Wildman–Crippen MR) is 111 cm³/mol. The van der Waals surface area contributed by atoms with E-state index in [0.29, 0.717) is 31.3 Å². The molecule has 0 spiro atoms. The third-order valence-corrected chi connectivity index (χ3v) is 5.43. The van der Waals surface area contributed by atoms with Crippen LogP contribution in [0.15, 0.2) is 30.1 Å². The van der Waals surface area contributed by atoms with Crippen molar-refractivity contribution in [1.29, 1.82) is 0 Å². The Labute approximate surface area is 166 Å². The van der Waals surface area contributed by atoms with E-state index in [1.54, 1.807) is 12.2 Å². The molecule has 0 atom stereocenters. The van der Waals surface area contributed by atoms with Crippen molar-refractivity contribution < 1.29 is 9.53 Å². The van der Waals surface area contributed by atoms with Crippen LogP contribution in [0.2, 0.25) is 0 Å². The molecule has 1 saturated heterocycles. The van der Waals surface area contributed by atoms with Crippen LogP contribution in [0.1, 0.15) is 36.5 Å². The van der Waals surface area contributed by atoms with Gasteiger partial charge >= 0.3 is 6.03 Å². The summed E-state index contributed by atoms with van der Waals surface area (Å²) >= 11 is 0. The summed E-state index contributed by atoms with van der Waals surface area (Å²) < 4.78 is 5.97. The second kappa shape index (κ2) is 8.46. The van der Waals surface area contributed by atoms with Gasteiger partial charge in [0.2, 0.25) is 0 Å². The molecular weight excluding hydrogens is 354 g/mol. The Kier molecular flexibility index (Phi) is 6.02. The first kappa shape index (κ1) is 19.9. The highest BCUT2D eigenvalue weighted by Crippen LogP contribution is 2.31. The summed E-state index contributed by atoms with van der Waals surface area (Å²) in [6, 6.07) is 4.06.